The van der Waals surface area contributed by atoms with Crippen LogP contribution in [0.2, 0.25) is 0 Å². The molecule has 1 amide bonds. The van der Waals surface area contributed by atoms with Crippen molar-refractivity contribution in [1.82, 2.24) is 5.32 Å². The maximum Gasteiger partial charge on any atom is 0.259 e. The molecular formula is C12H15NO4. The van der Waals surface area contributed by atoms with Crippen LogP contribution in [0, 0.1) is 5.92 Å². The number of nitrogens with one attached hydrogen (secondary N) is 1. The Labute approximate surface area is 99.1 Å². The summed E-state index contributed by atoms with van der Waals surface area (Å²) in [5.74, 6) is -1.60. The molecule has 17 heavy (non-hydrogen) atoms. The molecule has 5 heteroatoms. The van der Waals surface area contributed by atoms with Crippen molar-refractivity contribution in [2.24, 2.45) is 5.92 Å². The molecule has 0 bridgehead atoms. The number of hydrogen-bond acceptors (Lipinski definition) is 4. The fraction of sp³-hybridized carbons (Fsp3) is 0.333. The molecule has 0 saturated carbocycles. The van der Waals surface area contributed by atoms with Crippen LogP contribution in [-0.2, 0) is 4.79 Å². The maximum atomic E-state index is 11.6. The zero-order chi connectivity index (χ0) is 13.0. The van der Waals surface area contributed by atoms with Gasteiger partial charge in [0, 0.05) is 5.92 Å². The van der Waals surface area contributed by atoms with Gasteiger partial charge in [-0.1, -0.05) is 19.9 Å². The zero-order valence-electron chi connectivity index (χ0n) is 9.73. The summed E-state index contributed by atoms with van der Waals surface area (Å²) >= 11 is 0. The minimum atomic E-state index is -0.672. The van der Waals surface area contributed by atoms with Crippen molar-refractivity contribution in [2.75, 3.05) is 6.54 Å². The Balaban J connectivity index is 2.74. The smallest absolute Gasteiger partial charge is 0.259 e. The monoisotopic (exact) mass is 237 g/mol. The molecule has 0 heterocycles. The van der Waals surface area contributed by atoms with Crippen LogP contribution in [0.4, 0.5) is 0 Å². The Morgan fingerprint density at radius 1 is 1.24 bits per heavy atom. The van der Waals surface area contributed by atoms with Crippen LogP contribution in [0.3, 0.4) is 0 Å². The van der Waals surface area contributed by atoms with E-state index in [0.717, 1.165) is 0 Å². The van der Waals surface area contributed by atoms with Gasteiger partial charge in [-0.15, -0.1) is 0 Å². The van der Waals surface area contributed by atoms with E-state index in [-0.39, 0.29) is 35.3 Å². The van der Waals surface area contributed by atoms with Crippen molar-refractivity contribution >= 4 is 11.7 Å². The number of aromatic hydroxyl groups is 2. The lowest BCUT2D eigenvalue weighted by Crippen LogP contribution is -2.31. The van der Waals surface area contributed by atoms with Crippen LogP contribution in [-0.4, -0.2) is 28.4 Å². The van der Waals surface area contributed by atoms with Crippen LogP contribution < -0.4 is 5.32 Å². The van der Waals surface area contributed by atoms with Crippen molar-refractivity contribution in [3.63, 3.8) is 0 Å². The normalized spacial score (nSPS) is 10.3. The van der Waals surface area contributed by atoms with E-state index in [9.17, 15) is 19.8 Å². The first kappa shape index (κ1) is 13.0. The quantitative estimate of drug-likeness (QED) is 0.730. The van der Waals surface area contributed by atoms with Gasteiger partial charge in [0.25, 0.3) is 5.91 Å². The summed E-state index contributed by atoms with van der Waals surface area (Å²) in [4.78, 5) is 22.9. The molecule has 5 nitrogen and oxygen atoms in total. The number of phenolic OH excluding ortho intramolecular Hbond substituents is 2. The minimum Gasteiger partial charge on any atom is -0.507 e. The number of hydrogen-bond donors (Lipinski definition) is 3. The molecule has 0 saturated heterocycles. The third-order valence-corrected chi connectivity index (χ3v) is 2.31. The van der Waals surface area contributed by atoms with E-state index in [2.05, 4.69) is 5.32 Å². The maximum absolute atomic E-state index is 11.6. The predicted octanol–water partition coefficient (Wildman–Crippen LogP) is 1.05. The highest BCUT2D eigenvalue weighted by molar-refractivity contribution is 6.01. The number of ketones is 1. The van der Waals surface area contributed by atoms with Crippen LogP contribution in [0.5, 0.6) is 11.5 Å². The standard InChI is InChI=1S/C12H15NO4/c1-7(2)10(16)6-13-12(17)11-8(14)4-3-5-9(11)15/h3-5,7,14-15H,6H2,1-2H3,(H,13,17). The Hall–Kier alpha value is -2.04. The highest BCUT2D eigenvalue weighted by atomic mass is 16.3. The van der Waals surface area contributed by atoms with Gasteiger partial charge in [-0.05, 0) is 12.1 Å². The summed E-state index contributed by atoms with van der Waals surface area (Å²) in [7, 11) is 0. The van der Waals surface area contributed by atoms with E-state index >= 15 is 0 Å². The average molecular weight is 237 g/mol. The molecule has 1 rings (SSSR count). The zero-order valence-corrected chi connectivity index (χ0v) is 9.73. The van der Waals surface area contributed by atoms with Crippen LogP contribution in [0.1, 0.15) is 24.2 Å². The molecule has 0 atom stereocenters. The summed E-state index contributed by atoms with van der Waals surface area (Å²) in [5, 5.41) is 21.2. The second-order valence-corrected chi connectivity index (χ2v) is 3.97. The molecule has 92 valence electrons. The van der Waals surface area contributed by atoms with Gasteiger partial charge < -0.3 is 15.5 Å². The number of carbonyl (C=O) groups excluding carboxylic acids is 2. The summed E-state index contributed by atoms with van der Waals surface area (Å²) in [6.45, 7) is 3.34. The van der Waals surface area contributed by atoms with E-state index in [0.29, 0.717) is 0 Å². The summed E-state index contributed by atoms with van der Waals surface area (Å²) in [6.07, 6.45) is 0. The summed E-state index contributed by atoms with van der Waals surface area (Å²) < 4.78 is 0. The van der Waals surface area contributed by atoms with E-state index < -0.39 is 5.91 Å². The highest BCUT2D eigenvalue weighted by Gasteiger charge is 2.17. The third kappa shape index (κ3) is 3.21. The topological polar surface area (TPSA) is 86.6 Å². The first-order valence-electron chi connectivity index (χ1n) is 5.25. The van der Waals surface area contributed by atoms with E-state index in [4.69, 9.17) is 0 Å². The van der Waals surface area contributed by atoms with Crippen LogP contribution >= 0.6 is 0 Å². The van der Waals surface area contributed by atoms with Crippen molar-refractivity contribution in [3.8, 4) is 11.5 Å². The molecule has 0 spiro atoms. The first-order valence-corrected chi connectivity index (χ1v) is 5.25. The van der Waals surface area contributed by atoms with Crippen molar-refractivity contribution in [2.45, 2.75) is 13.8 Å². The molecule has 3 N–H and O–H groups in total. The lowest BCUT2D eigenvalue weighted by molar-refractivity contribution is -0.120. The number of phenols is 2. The van der Waals surface area contributed by atoms with Gasteiger partial charge in [-0.25, -0.2) is 0 Å². The van der Waals surface area contributed by atoms with Crippen molar-refractivity contribution in [1.29, 1.82) is 0 Å². The number of rotatable bonds is 4. The molecule has 0 radical (unpaired) electrons. The number of carbonyl (C=O) groups is 2. The Morgan fingerprint density at radius 3 is 2.24 bits per heavy atom. The third-order valence-electron chi connectivity index (χ3n) is 2.31. The summed E-state index contributed by atoms with van der Waals surface area (Å²) in [6, 6.07) is 4.00. The second kappa shape index (κ2) is 5.34. The fourth-order valence-corrected chi connectivity index (χ4v) is 1.22. The Morgan fingerprint density at radius 2 is 1.76 bits per heavy atom. The Kier molecular flexibility index (Phi) is 4.09. The molecule has 0 aliphatic carbocycles. The molecule has 0 aliphatic rings. The molecule has 0 unspecified atom stereocenters. The summed E-state index contributed by atoms with van der Waals surface area (Å²) in [5.41, 5.74) is -0.218. The van der Waals surface area contributed by atoms with Gasteiger partial charge in [0.15, 0.2) is 5.78 Å². The number of benzene rings is 1. The lowest BCUT2D eigenvalue weighted by atomic mass is 10.1. The molecule has 1 aromatic carbocycles. The number of Topliss-reactive ketones (excluding diaryl/α,β-unsaturated/α-hetero) is 1. The first-order chi connectivity index (χ1) is 7.93. The van der Waals surface area contributed by atoms with Crippen molar-refractivity contribution in [3.05, 3.63) is 23.8 Å². The Bertz CT molecular complexity index is 420. The van der Waals surface area contributed by atoms with Gasteiger partial charge in [0.2, 0.25) is 0 Å². The van der Waals surface area contributed by atoms with Gasteiger partial charge in [0.05, 0.1) is 6.54 Å². The highest BCUT2D eigenvalue weighted by Crippen LogP contribution is 2.25. The average Bonchev–Trinajstić information content (AvgIpc) is 2.25. The van der Waals surface area contributed by atoms with Crippen LogP contribution in [0.15, 0.2) is 18.2 Å². The lowest BCUT2D eigenvalue weighted by Gasteiger charge is -2.09. The molecular weight excluding hydrogens is 222 g/mol. The van der Waals surface area contributed by atoms with Gasteiger partial charge in [0.1, 0.15) is 17.1 Å². The van der Waals surface area contributed by atoms with Crippen molar-refractivity contribution < 1.29 is 19.8 Å². The largest absolute Gasteiger partial charge is 0.507 e. The van der Waals surface area contributed by atoms with E-state index in [1.54, 1.807) is 13.8 Å². The molecule has 1 aromatic rings. The molecule has 0 fully saturated rings. The molecule has 0 aliphatic heterocycles. The van der Waals surface area contributed by atoms with Gasteiger partial charge >= 0.3 is 0 Å². The second-order valence-electron chi connectivity index (χ2n) is 3.97. The number of amides is 1. The van der Waals surface area contributed by atoms with Gasteiger partial charge in [-0.3, -0.25) is 9.59 Å². The predicted molar refractivity (Wildman–Crippen MR) is 61.9 cm³/mol. The van der Waals surface area contributed by atoms with E-state index in [1.165, 1.54) is 18.2 Å². The van der Waals surface area contributed by atoms with Gasteiger partial charge in [-0.2, -0.15) is 0 Å². The minimum absolute atomic E-state index is 0.117. The SMILES string of the molecule is CC(C)C(=O)CNC(=O)c1c(O)cccc1O. The molecule has 0 aromatic heterocycles. The fourth-order valence-electron chi connectivity index (χ4n) is 1.22. The van der Waals surface area contributed by atoms with Crippen LogP contribution in [0.25, 0.3) is 0 Å². The van der Waals surface area contributed by atoms with E-state index in [1.807, 2.05) is 0 Å².